The largest absolute Gasteiger partial charge is 0.478 e. The number of nitrogens with zero attached hydrogens (tertiary/aromatic N) is 2. The van der Waals surface area contributed by atoms with E-state index in [0.717, 1.165) is 5.56 Å². The molecule has 0 amide bonds. The topological polar surface area (TPSA) is 71.7 Å². The fourth-order valence-corrected chi connectivity index (χ4v) is 2.39. The van der Waals surface area contributed by atoms with E-state index in [2.05, 4.69) is 4.98 Å². The van der Waals surface area contributed by atoms with Gasteiger partial charge >= 0.3 is 5.97 Å². The van der Waals surface area contributed by atoms with E-state index >= 15 is 0 Å². The molecule has 0 spiro atoms. The van der Waals surface area contributed by atoms with Crippen LogP contribution < -0.4 is 5.56 Å². The summed E-state index contributed by atoms with van der Waals surface area (Å²) >= 11 is 0. The zero-order chi connectivity index (χ0) is 17.3. The van der Waals surface area contributed by atoms with Crippen LogP contribution in [-0.4, -0.2) is 20.5 Å². The molecule has 0 aliphatic carbocycles. The van der Waals surface area contributed by atoms with Crippen LogP contribution in [0.5, 0.6) is 0 Å². The Morgan fingerprint density at radius 3 is 2.46 bits per heavy atom. The first-order chi connectivity index (χ1) is 11.5. The third-order valence-electron chi connectivity index (χ3n) is 3.84. The van der Waals surface area contributed by atoms with Crippen LogP contribution in [0.2, 0.25) is 0 Å². The van der Waals surface area contributed by atoms with Gasteiger partial charge in [0.15, 0.2) is 0 Å². The van der Waals surface area contributed by atoms with Gasteiger partial charge in [-0.25, -0.2) is 9.78 Å². The van der Waals surface area contributed by atoms with Gasteiger partial charge < -0.3 is 5.11 Å². The first kappa shape index (κ1) is 15.7. The van der Waals surface area contributed by atoms with Crippen molar-refractivity contribution in [3.63, 3.8) is 0 Å². The number of hydrogen-bond acceptors (Lipinski definition) is 3. The van der Waals surface area contributed by atoms with Gasteiger partial charge in [-0.1, -0.05) is 35.9 Å². The van der Waals surface area contributed by atoms with Gasteiger partial charge in [-0.3, -0.25) is 9.20 Å². The van der Waals surface area contributed by atoms with Crippen LogP contribution >= 0.6 is 0 Å². The van der Waals surface area contributed by atoms with Crippen molar-refractivity contribution in [3.8, 4) is 0 Å². The van der Waals surface area contributed by atoms with Crippen molar-refractivity contribution in [2.24, 2.45) is 0 Å². The number of fused-ring (bicyclic) bond motifs is 1. The number of carbonyl (C=O) groups is 1. The molecule has 0 aliphatic heterocycles. The molecule has 0 unspecified atom stereocenters. The van der Waals surface area contributed by atoms with E-state index in [9.17, 15) is 9.59 Å². The van der Waals surface area contributed by atoms with Crippen LogP contribution in [-0.2, 0) is 0 Å². The molecule has 0 saturated carbocycles. The van der Waals surface area contributed by atoms with Gasteiger partial charge in [-0.05, 0) is 37.6 Å². The summed E-state index contributed by atoms with van der Waals surface area (Å²) in [5.41, 5.74) is 3.43. The lowest BCUT2D eigenvalue weighted by molar-refractivity contribution is 0.0696. The van der Waals surface area contributed by atoms with E-state index in [1.807, 2.05) is 37.3 Å². The maximum atomic E-state index is 12.5. The minimum atomic E-state index is -1.08. The molecule has 1 N–H and O–H groups in total. The average molecular weight is 320 g/mol. The lowest BCUT2D eigenvalue weighted by Gasteiger charge is -2.06. The van der Waals surface area contributed by atoms with Gasteiger partial charge in [-0.15, -0.1) is 0 Å². The lowest BCUT2D eigenvalue weighted by Crippen LogP contribution is -2.20. The van der Waals surface area contributed by atoms with E-state index in [4.69, 9.17) is 5.11 Å². The van der Waals surface area contributed by atoms with Crippen LogP contribution in [0.3, 0.4) is 0 Å². The number of aryl methyl sites for hydroxylation is 1. The summed E-state index contributed by atoms with van der Waals surface area (Å²) in [6.45, 7) is 3.71. The number of hydrogen-bond donors (Lipinski definition) is 1. The number of carboxylic acid groups (broad SMARTS) is 1. The van der Waals surface area contributed by atoms with Crippen molar-refractivity contribution >= 4 is 23.8 Å². The molecule has 3 aromatic rings. The minimum absolute atomic E-state index is 0.0498. The molecule has 2 heterocycles. The summed E-state index contributed by atoms with van der Waals surface area (Å²) in [5.74, 6) is -1.08. The van der Waals surface area contributed by atoms with Gasteiger partial charge in [0.1, 0.15) is 5.65 Å². The Morgan fingerprint density at radius 2 is 1.79 bits per heavy atom. The molecule has 0 bridgehead atoms. The summed E-state index contributed by atoms with van der Waals surface area (Å²) in [4.78, 5) is 28.0. The Kier molecular flexibility index (Phi) is 4.00. The fourth-order valence-electron chi connectivity index (χ4n) is 2.39. The smallest absolute Gasteiger partial charge is 0.337 e. The Labute approximate surface area is 138 Å². The maximum absolute atomic E-state index is 12.5. The van der Waals surface area contributed by atoms with Crippen LogP contribution in [0.4, 0.5) is 0 Å². The van der Waals surface area contributed by atoms with Crippen molar-refractivity contribution in [1.29, 1.82) is 0 Å². The zero-order valence-corrected chi connectivity index (χ0v) is 13.4. The van der Waals surface area contributed by atoms with Crippen LogP contribution in [0.15, 0.2) is 47.4 Å². The van der Waals surface area contributed by atoms with Gasteiger partial charge in [0.2, 0.25) is 0 Å². The summed E-state index contributed by atoms with van der Waals surface area (Å²) < 4.78 is 1.27. The molecule has 24 heavy (non-hydrogen) atoms. The first-order valence-corrected chi connectivity index (χ1v) is 7.47. The average Bonchev–Trinajstić information content (AvgIpc) is 2.58. The molecule has 0 radical (unpaired) electrons. The monoisotopic (exact) mass is 320 g/mol. The molecular formula is C19H16N2O3. The second-order valence-corrected chi connectivity index (χ2v) is 5.62. The van der Waals surface area contributed by atoms with Crippen LogP contribution in [0.25, 0.3) is 17.8 Å². The lowest BCUT2D eigenvalue weighted by atomic mass is 10.1. The molecule has 5 heteroatoms. The predicted octanol–water partition coefficient (Wildman–Crippen LogP) is 3.18. The molecule has 5 nitrogen and oxygen atoms in total. The van der Waals surface area contributed by atoms with Gasteiger partial charge in [-0.2, -0.15) is 0 Å². The van der Waals surface area contributed by atoms with Crippen LogP contribution in [0, 0.1) is 13.8 Å². The number of pyridine rings is 1. The van der Waals surface area contributed by atoms with Crippen molar-refractivity contribution in [2.45, 2.75) is 13.8 Å². The Bertz CT molecular complexity index is 1020. The number of aromatic carboxylic acids is 1. The number of carboxylic acids is 1. The predicted molar refractivity (Wildman–Crippen MR) is 93.3 cm³/mol. The highest BCUT2D eigenvalue weighted by Crippen LogP contribution is 2.11. The first-order valence-electron chi connectivity index (χ1n) is 7.47. The van der Waals surface area contributed by atoms with Crippen molar-refractivity contribution in [2.75, 3.05) is 0 Å². The number of rotatable bonds is 3. The van der Waals surface area contributed by atoms with Gasteiger partial charge in [0.25, 0.3) is 5.56 Å². The molecule has 120 valence electrons. The quantitative estimate of drug-likeness (QED) is 0.804. The maximum Gasteiger partial charge on any atom is 0.337 e. The SMILES string of the molecule is Cc1ccc(/C=C/c2nc3ccc(C(=O)O)cn3c(=O)c2C)cc1. The zero-order valence-electron chi connectivity index (χ0n) is 13.4. The molecule has 0 saturated heterocycles. The standard InChI is InChI=1S/C19H16N2O3/c1-12-3-5-14(6-4-12)7-9-16-13(2)18(22)21-11-15(19(23)24)8-10-17(21)20-16/h3-11H,1-2H3,(H,23,24)/b9-7+. The summed E-state index contributed by atoms with van der Waals surface area (Å²) in [6, 6.07) is 11.0. The third kappa shape index (κ3) is 2.96. The second-order valence-electron chi connectivity index (χ2n) is 5.62. The highest BCUT2D eigenvalue weighted by molar-refractivity contribution is 5.87. The van der Waals surface area contributed by atoms with E-state index in [1.54, 1.807) is 13.0 Å². The Hall–Kier alpha value is -3.21. The van der Waals surface area contributed by atoms with Crippen molar-refractivity contribution in [1.82, 2.24) is 9.38 Å². The highest BCUT2D eigenvalue weighted by Gasteiger charge is 2.09. The number of aromatic nitrogens is 2. The molecule has 3 rings (SSSR count). The molecule has 0 aliphatic rings. The molecule has 1 aromatic carbocycles. The van der Waals surface area contributed by atoms with E-state index < -0.39 is 5.97 Å². The molecule has 2 aromatic heterocycles. The summed E-state index contributed by atoms with van der Waals surface area (Å²) in [5, 5.41) is 9.04. The Balaban J connectivity index is 2.07. The van der Waals surface area contributed by atoms with Crippen LogP contribution in [0.1, 0.15) is 32.7 Å². The van der Waals surface area contributed by atoms with Crippen molar-refractivity contribution in [3.05, 3.63) is 80.9 Å². The number of benzene rings is 1. The van der Waals surface area contributed by atoms with E-state index in [1.165, 1.54) is 28.3 Å². The third-order valence-corrected chi connectivity index (χ3v) is 3.84. The summed E-state index contributed by atoms with van der Waals surface area (Å²) in [6.07, 6.45) is 5.00. The molecule has 0 fully saturated rings. The second kappa shape index (κ2) is 6.12. The molecule has 0 atom stereocenters. The fraction of sp³-hybridized carbons (Fsp3) is 0.105. The van der Waals surface area contributed by atoms with Gasteiger partial charge in [0.05, 0.1) is 11.3 Å². The highest BCUT2D eigenvalue weighted by atomic mass is 16.4. The Morgan fingerprint density at radius 1 is 1.08 bits per heavy atom. The molecular weight excluding hydrogens is 304 g/mol. The van der Waals surface area contributed by atoms with E-state index in [0.29, 0.717) is 16.9 Å². The summed E-state index contributed by atoms with van der Waals surface area (Å²) in [7, 11) is 0. The van der Waals surface area contributed by atoms with Gasteiger partial charge in [0, 0.05) is 11.8 Å². The van der Waals surface area contributed by atoms with Crippen molar-refractivity contribution < 1.29 is 9.90 Å². The van der Waals surface area contributed by atoms with E-state index in [-0.39, 0.29) is 11.1 Å². The normalized spacial score (nSPS) is 11.2. The minimum Gasteiger partial charge on any atom is -0.478 e.